The summed E-state index contributed by atoms with van der Waals surface area (Å²) in [6.07, 6.45) is 1.18. The molecule has 0 bridgehead atoms. The van der Waals surface area contributed by atoms with Crippen molar-refractivity contribution in [1.29, 1.82) is 0 Å². The van der Waals surface area contributed by atoms with E-state index in [-0.39, 0.29) is 17.1 Å². The van der Waals surface area contributed by atoms with Crippen LogP contribution in [0.1, 0.15) is 26.3 Å². The second-order valence-electron chi connectivity index (χ2n) is 7.87. The third kappa shape index (κ3) is 7.61. The van der Waals surface area contributed by atoms with Crippen LogP contribution in [0.15, 0.2) is 108 Å². The number of hydrogen-bond donors (Lipinski definition) is 2. The van der Waals surface area contributed by atoms with Gasteiger partial charge in [0.25, 0.3) is 0 Å². The molecule has 0 atom stereocenters. The Bertz CT molecular complexity index is 1520. The molecule has 0 aliphatic heterocycles. The Kier molecular flexibility index (Phi) is 8.79. The Hall–Kier alpha value is -5.28. The summed E-state index contributed by atoms with van der Waals surface area (Å²) in [5, 5.41) is 6.68. The monoisotopic (exact) mass is 541 g/mol. The van der Waals surface area contributed by atoms with Crippen LogP contribution >= 0.6 is 11.6 Å². The Balaban J connectivity index is 1.49. The Morgan fingerprint density at radius 2 is 1.28 bits per heavy atom. The van der Waals surface area contributed by atoms with Crippen molar-refractivity contribution in [2.45, 2.75) is 0 Å². The van der Waals surface area contributed by atoms with Gasteiger partial charge in [-0.1, -0.05) is 48.0 Å². The second kappa shape index (κ2) is 12.8. The zero-order valence-corrected chi connectivity index (χ0v) is 20.9. The number of esters is 2. The molecule has 0 spiro atoms. The van der Waals surface area contributed by atoms with Crippen LogP contribution in [-0.4, -0.2) is 30.0 Å². The SMILES string of the molecule is O=C(NN=Cc1ccc(OC(=O)c2ccccc2)cc1OC(=O)c1ccccc1)C(=O)Nc1ccc(Cl)cc1. The highest BCUT2D eigenvalue weighted by atomic mass is 35.5. The van der Waals surface area contributed by atoms with Gasteiger partial charge < -0.3 is 14.8 Å². The van der Waals surface area contributed by atoms with Gasteiger partial charge in [-0.2, -0.15) is 5.10 Å². The van der Waals surface area contributed by atoms with E-state index in [1.54, 1.807) is 72.8 Å². The van der Waals surface area contributed by atoms with Crippen molar-refractivity contribution >= 4 is 47.3 Å². The fourth-order valence-electron chi connectivity index (χ4n) is 3.18. The first-order valence-corrected chi connectivity index (χ1v) is 11.9. The normalized spacial score (nSPS) is 10.5. The summed E-state index contributed by atoms with van der Waals surface area (Å²) in [7, 11) is 0. The minimum absolute atomic E-state index is 0.00540. The molecule has 9 nitrogen and oxygen atoms in total. The summed E-state index contributed by atoms with van der Waals surface area (Å²) in [6.45, 7) is 0. The number of amides is 2. The van der Waals surface area contributed by atoms with E-state index in [1.807, 2.05) is 0 Å². The van der Waals surface area contributed by atoms with E-state index in [9.17, 15) is 19.2 Å². The van der Waals surface area contributed by atoms with Crippen LogP contribution in [0, 0.1) is 0 Å². The molecule has 0 saturated heterocycles. The average molecular weight is 542 g/mol. The number of halogens is 1. The standard InChI is InChI=1S/C29H20ClN3O6/c30-22-12-14-23(15-13-22)32-26(34)27(35)33-31-18-21-11-16-24(38-28(36)19-7-3-1-4-8-19)17-25(21)39-29(37)20-9-5-2-6-10-20/h1-18H,(H,32,34)(H,33,35). The molecule has 4 aromatic rings. The summed E-state index contributed by atoms with van der Waals surface area (Å²) in [4.78, 5) is 49.4. The molecule has 2 amide bonds. The van der Waals surface area contributed by atoms with Gasteiger partial charge in [-0.3, -0.25) is 9.59 Å². The topological polar surface area (TPSA) is 123 Å². The van der Waals surface area contributed by atoms with E-state index in [2.05, 4.69) is 15.8 Å². The van der Waals surface area contributed by atoms with Gasteiger partial charge in [0.15, 0.2) is 0 Å². The number of benzene rings is 4. The molecule has 4 aromatic carbocycles. The summed E-state index contributed by atoms with van der Waals surface area (Å²) < 4.78 is 10.9. The predicted octanol–water partition coefficient (Wildman–Crippen LogP) is 4.87. The maximum atomic E-state index is 12.7. The van der Waals surface area contributed by atoms with Crippen LogP contribution in [0.5, 0.6) is 11.5 Å². The minimum atomic E-state index is -1.03. The molecule has 0 saturated carbocycles. The molecule has 0 radical (unpaired) electrons. The van der Waals surface area contributed by atoms with Gasteiger partial charge in [-0.25, -0.2) is 15.0 Å². The lowest BCUT2D eigenvalue weighted by atomic mass is 10.2. The van der Waals surface area contributed by atoms with Crippen molar-refractivity contribution in [2.24, 2.45) is 5.10 Å². The first-order chi connectivity index (χ1) is 18.9. The van der Waals surface area contributed by atoms with Crippen LogP contribution in [0.4, 0.5) is 5.69 Å². The first-order valence-electron chi connectivity index (χ1n) is 11.5. The van der Waals surface area contributed by atoms with Gasteiger partial charge >= 0.3 is 23.8 Å². The lowest BCUT2D eigenvalue weighted by Crippen LogP contribution is -2.32. The summed E-state index contributed by atoms with van der Waals surface area (Å²) >= 11 is 5.81. The largest absolute Gasteiger partial charge is 0.423 e. The Labute approximate surface area is 228 Å². The highest BCUT2D eigenvalue weighted by Gasteiger charge is 2.16. The van der Waals surface area contributed by atoms with Crippen LogP contribution in [0.2, 0.25) is 5.02 Å². The van der Waals surface area contributed by atoms with E-state index in [4.69, 9.17) is 21.1 Å². The predicted molar refractivity (Wildman–Crippen MR) is 145 cm³/mol. The number of nitrogens with one attached hydrogen (secondary N) is 2. The number of carbonyl (C=O) groups is 4. The zero-order chi connectivity index (χ0) is 27.6. The van der Waals surface area contributed by atoms with Crippen LogP contribution in [-0.2, 0) is 9.59 Å². The van der Waals surface area contributed by atoms with Crippen molar-refractivity contribution in [3.63, 3.8) is 0 Å². The van der Waals surface area contributed by atoms with E-state index in [0.717, 1.165) is 0 Å². The molecular weight excluding hydrogens is 522 g/mol. The number of carbonyl (C=O) groups excluding carboxylic acids is 4. The number of hydrazone groups is 1. The molecule has 0 unspecified atom stereocenters. The summed E-state index contributed by atoms with van der Waals surface area (Å²) in [5.41, 5.74) is 3.37. The molecule has 2 N–H and O–H groups in total. The maximum Gasteiger partial charge on any atom is 0.343 e. The molecular formula is C29H20ClN3O6. The van der Waals surface area contributed by atoms with Gasteiger partial charge in [0.2, 0.25) is 0 Å². The van der Waals surface area contributed by atoms with Crippen molar-refractivity contribution in [1.82, 2.24) is 5.43 Å². The minimum Gasteiger partial charge on any atom is -0.423 e. The smallest absolute Gasteiger partial charge is 0.343 e. The fourth-order valence-corrected chi connectivity index (χ4v) is 3.30. The second-order valence-corrected chi connectivity index (χ2v) is 8.31. The Morgan fingerprint density at radius 3 is 1.90 bits per heavy atom. The quantitative estimate of drug-likeness (QED) is 0.113. The summed E-state index contributed by atoms with van der Waals surface area (Å²) in [6, 6.07) is 27.1. The van der Waals surface area contributed by atoms with E-state index < -0.39 is 23.8 Å². The average Bonchev–Trinajstić information content (AvgIpc) is 2.96. The van der Waals surface area contributed by atoms with E-state index in [0.29, 0.717) is 21.8 Å². The lowest BCUT2D eigenvalue weighted by Gasteiger charge is -2.10. The van der Waals surface area contributed by atoms with E-state index >= 15 is 0 Å². The zero-order valence-electron chi connectivity index (χ0n) is 20.2. The number of nitrogens with zero attached hydrogens (tertiary/aromatic N) is 1. The lowest BCUT2D eigenvalue weighted by molar-refractivity contribution is -0.136. The van der Waals surface area contributed by atoms with Gasteiger partial charge in [0, 0.05) is 22.3 Å². The van der Waals surface area contributed by atoms with Crippen molar-refractivity contribution < 1.29 is 28.7 Å². The fraction of sp³-hybridized carbons (Fsp3) is 0. The summed E-state index contributed by atoms with van der Waals surface area (Å²) in [5.74, 6) is -3.13. The molecule has 10 heteroatoms. The van der Waals surface area contributed by atoms with Crippen LogP contribution in [0.3, 0.4) is 0 Å². The molecule has 39 heavy (non-hydrogen) atoms. The third-order valence-corrected chi connectivity index (χ3v) is 5.35. The molecule has 0 aromatic heterocycles. The number of rotatable bonds is 7. The van der Waals surface area contributed by atoms with Gasteiger partial charge in [0.05, 0.1) is 17.3 Å². The molecule has 4 rings (SSSR count). The van der Waals surface area contributed by atoms with Gasteiger partial charge in [-0.05, 0) is 60.7 Å². The number of ether oxygens (including phenoxy) is 2. The molecule has 0 aliphatic rings. The maximum absolute atomic E-state index is 12.7. The van der Waals surface area contributed by atoms with Gasteiger partial charge in [0.1, 0.15) is 11.5 Å². The van der Waals surface area contributed by atoms with Crippen molar-refractivity contribution in [2.75, 3.05) is 5.32 Å². The molecule has 0 heterocycles. The highest BCUT2D eigenvalue weighted by Crippen LogP contribution is 2.26. The number of hydrogen-bond acceptors (Lipinski definition) is 7. The molecule has 194 valence electrons. The van der Waals surface area contributed by atoms with Crippen molar-refractivity contribution in [3.05, 3.63) is 125 Å². The highest BCUT2D eigenvalue weighted by molar-refractivity contribution is 6.39. The van der Waals surface area contributed by atoms with Crippen LogP contribution in [0.25, 0.3) is 0 Å². The molecule has 0 aliphatic carbocycles. The first kappa shape index (κ1) is 26.8. The van der Waals surface area contributed by atoms with Crippen molar-refractivity contribution in [3.8, 4) is 11.5 Å². The van der Waals surface area contributed by atoms with Gasteiger partial charge in [-0.15, -0.1) is 0 Å². The van der Waals surface area contributed by atoms with E-state index in [1.165, 1.54) is 36.5 Å². The van der Waals surface area contributed by atoms with Crippen LogP contribution < -0.4 is 20.2 Å². The number of anilines is 1. The Morgan fingerprint density at radius 1 is 0.692 bits per heavy atom. The third-order valence-electron chi connectivity index (χ3n) is 5.10. The molecule has 0 fully saturated rings.